The van der Waals surface area contributed by atoms with Crippen molar-refractivity contribution in [2.24, 2.45) is 0 Å². The Balaban J connectivity index is 1.90. The summed E-state index contributed by atoms with van der Waals surface area (Å²) in [5.74, 6) is -0.301. The normalized spacial score (nSPS) is 26.9. The van der Waals surface area contributed by atoms with Gasteiger partial charge in [0.05, 0.1) is 6.54 Å². The van der Waals surface area contributed by atoms with Crippen molar-refractivity contribution >= 4 is 29.1 Å². The highest BCUT2D eigenvalue weighted by Gasteiger charge is 2.52. The number of nitrogens with zero attached hydrogens (tertiary/aromatic N) is 4. The number of rotatable bonds is 4. The molecular formula is C12H14N4O2S2. The van der Waals surface area contributed by atoms with Gasteiger partial charge in [0.1, 0.15) is 15.9 Å². The van der Waals surface area contributed by atoms with E-state index in [0.717, 1.165) is 5.01 Å². The number of likely N-dealkylation sites (N-methyl/N-ethyl adjacent to an activating group) is 1. The molecule has 20 heavy (non-hydrogen) atoms. The Morgan fingerprint density at radius 3 is 3.05 bits per heavy atom. The van der Waals surface area contributed by atoms with Crippen LogP contribution < -0.4 is 0 Å². The van der Waals surface area contributed by atoms with E-state index in [9.17, 15) is 9.90 Å². The summed E-state index contributed by atoms with van der Waals surface area (Å²) in [6.45, 7) is 0.334. The standard InChI is InChI=1S/C12H14N4O2S2/c1-15-10(9-13-4-6-19-9)20-8-12(15,11(17)18)7-16-5-2-3-14-16/h2-6,10H,7-8H2,1H3,(H,17,18). The number of aliphatic carboxylic acids is 1. The Hall–Kier alpha value is -1.38. The van der Waals surface area contributed by atoms with Crippen molar-refractivity contribution < 1.29 is 9.90 Å². The zero-order chi connectivity index (χ0) is 14.2. The molecule has 106 valence electrons. The number of carbonyl (C=O) groups is 1. The second kappa shape index (κ2) is 5.19. The summed E-state index contributed by atoms with van der Waals surface area (Å²) in [6, 6.07) is 1.80. The Bertz CT molecular complexity index is 587. The average Bonchev–Trinajstić information content (AvgIpc) is 3.13. The Labute approximate surface area is 124 Å². The summed E-state index contributed by atoms with van der Waals surface area (Å²) in [7, 11) is 1.85. The molecule has 2 unspecified atom stereocenters. The monoisotopic (exact) mass is 310 g/mol. The van der Waals surface area contributed by atoms with Crippen LogP contribution in [0.25, 0.3) is 0 Å². The quantitative estimate of drug-likeness (QED) is 0.923. The molecule has 1 saturated heterocycles. The molecule has 0 radical (unpaired) electrons. The summed E-state index contributed by atoms with van der Waals surface area (Å²) in [4.78, 5) is 18.1. The Morgan fingerprint density at radius 1 is 1.60 bits per heavy atom. The Morgan fingerprint density at radius 2 is 2.45 bits per heavy atom. The first-order valence-electron chi connectivity index (χ1n) is 6.08. The van der Waals surface area contributed by atoms with Crippen LogP contribution in [0.1, 0.15) is 10.4 Å². The molecule has 8 heteroatoms. The van der Waals surface area contributed by atoms with Gasteiger partial charge in [-0.1, -0.05) is 0 Å². The van der Waals surface area contributed by atoms with E-state index in [-0.39, 0.29) is 5.37 Å². The first kappa shape index (κ1) is 13.6. The van der Waals surface area contributed by atoms with Crippen molar-refractivity contribution in [2.75, 3.05) is 12.8 Å². The highest BCUT2D eigenvalue weighted by molar-refractivity contribution is 7.99. The second-order valence-electron chi connectivity index (χ2n) is 4.68. The van der Waals surface area contributed by atoms with Crippen LogP contribution in [0.15, 0.2) is 30.0 Å². The Kier molecular flexibility index (Phi) is 3.53. The minimum absolute atomic E-state index is 0.0123. The van der Waals surface area contributed by atoms with E-state index < -0.39 is 11.5 Å². The van der Waals surface area contributed by atoms with Crippen molar-refractivity contribution in [3.05, 3.63) is 35.0 Å². The number of hydrogen-bond donors (Lipinski definition) is 1. The maximum absolute atomic E-state index is 11.9. The van der Waals surface area contributed by atoms with Gasteiger partial charge in [-0.2, -0.15) is 5.10 Å². The lowest BCUT2D eigenvalue weighted by Crippen LogP contribution is -2.54. The number of carboxylic acid groups (broad SMARTS) is 1. The second-order valence-corrected chi connectivity index (χ2v) is 6.68. The lowest BCUT2D eigenvalue weighted by Gasteiger charge is -2.33. The minimum Gasteiger partial charge on any atom is -0.480 e. The van der Waals surface area contributed by atoms with Crippen molar-refractivity contribution in [2.45, 2.75) is 17.5 Å². The topological polar surface area (TPSA) is 71.2 Å². The zero-order valence-electron chi connectivity index (χ0n) is 10.8. The predicted octanol–water partition coefficient (Wildman–Crippen LogP) is 1.54. The third-order valence-electron chi connectivity index (χ3n) is 3.55. The maximum atomic E-state index is 11.9. The number of carboxylic acids is 1. The molecule has 3 heterocycles. The molecule has 2 aromatic rings. The fourth-order valence-electron chi connectivity index (χ4n) is 2.35. The number of thiazole rings is 1. The van der Waals surface area contributed by atoms with E-state index in [1.807, 2.05) is 17.3 Å². The van der Waals surface area contributed by atoms with Gasteiger partial charge in [0.15, 0.2) is 0 Å². The SMILES string of the molecule is CN1C(c2nccs2)SCC1(Cn1cccn1)C(=O)O. The fourth-order valence-corrected chi connectivity index (χ4v) is 4.86. The van der Waals surface area contributed by atoms with Gasteiger partial charge in [0, 0.05) is 29.7 Å². The largest absolute Gasteiger partial charge is 0.480 e. The van der Waals surface area contributed by atoms with Gasteiger partial charge in [-0.05, 0) is 13.1 Å². The van der Waals surface area contributed by atoms with Gasteiger partial charge in [-0.3, -0.25) is 14.4 Å². The molecule has 1 aliphatic heterocycles. The third-order valence-corrected chi connectivity index (χ3v) is 6.03. The minimum atomic E-state index is -0.951. The van der Waals surface area contributed by atoms with Crippen molar-refractivity contribution in [1.82, 2.24) is 19.7 Å². The summed E-state index contributed by atoms with van der Waals surface area (Å²) < 4.78 is 1.68. The molecule has 0 amide bonds. The van der Waals surface area contributed by atoms with Gasteiger partial charge in [0.25, 0.3) is 0 Å². The molecule has 0 bridgehead atoms. The van der Waals surface area contributed by atoms with Crippen molar-refractivity contribution in [3.63, 3.8) is 0 Å². The van der Waals surface area contributed by atoms with Crippen molar-refractivity contribution in [1.29, 1.82) is 0 Å². The van der Waals surface area contributed by atoms with Crippen LogP contribution in [0, 0.1) is 0 Å². The molecule has 3 rings (SSSR count). The van der Waals surface area contributed by atoms with Crippen LogP contribution in [0.5, 0.6) is 0 Å². The van der Waals surface area contributed by atoms with Crippen LogP contribution in [0.4, 0.5) is 0 Å². The molecule has 6 nitrogen and oxygen atoms in total. The molecule has 0 spiro atoms. The molecule has 1 fully saturated rings. The van der Waals surface area contributed by atoms with Gasteiger partial charge in [-0.15, -0.1) is 23.1 Å². The molecular weight excluding hydrogens is 296 g/mol. The van der Waals surface area contributed by atoms with Crippen LogP contribution >= 0.6 is 23.1 Å². The van der Waals surface area contributed by atoms with E-state index in [4.69, 9.17) is 0 Å². The van der Waals surface area contributed by atoms with Gasteiger partial charge >= 0.3 is 5.97 Å². The summed E-state index contributed by atoms with van der Waals surface area (Å²) in [5, 5.41) is 16.7. The maximum Gasteiger partial charge on any atom is 0.326 e. The molecule has 1 aliphatic rings. The smallest absolute Gasteiger partial charge is 0.326 e. The number of hydrogen-bond acceptors (Lipinski definition) is 6. The average molecular weight is 310 g/mol. The van der Waals surface area contributed by atoms with Crippen LogP contribution in [-0.4, -0.2) is 49.1 Å². The van der Waals surface area contributed by atoms with Crippen LogP contribution in [0.3, 0.4) is 0 Å². The molecule has 2 atom stereocenters. The fraction of sp³-hybridized carbons (Fsp3) is 0.417. The van der Waals surface area contributed by atoms with E-state index in [2.05, 4.69) is 10.1 Å². The molecule has 2 aromatic heterocycles. The highest BCUT2D eigenvalue weighted by atomic mass is 32.2. The van der Waals surface area contributed by atoms with Gasteiger partial charge in [0.2, 0.25) is 0 Å². The van der Waals surface area contributed by atoms with E-state index in [0.29, 0.717) is 12.3 Å². The molecule has 1 N–H and O–H groups in total. The van der Waals surface area contributed by atoms with Gasteiger partial charge < -0.3 is 5.11 Å². The van der Waals surface area contributed by atoms with Crippen LogP contribution in [-0.2, 0) is 11.3 Å². The first-order chi connectivity index (χ1) is 9.63. The first-order valence-corrected chi connectivity index (χ1v) is 8.01. The van der Waals surface area contributed by atoms with Gasteiger partial charge in [-0.25, -0.2) is 4.98 Å². The van der Waals surface area contributed by atoms with Crippen LogP contribution in [0.2, 0.25) is 0 Å². The zero-order valence-corrected chi connectivity index (χ0v) is 12.5. The highest BCUT2D eigenvalue weighted by Crippen LogP contribution is 2.46. The molecule has 0 aromatic carbocycles. The lowest BCUT2D eigenvalue weighted by atomic mass is 10.0. The lowest BCUT2D eigenvalue weighted by molar-refractivity contribution is -0.150. The van der Waals surface area contributed by atoms with E-state index in [1.54, 1.807) is 52.4 Å². The van der Waals surface area contributed by atoms with Crippen molar-refractivity contribution in [3.8, 4) is 0 Å². The number of thioether (sulfide) groups is 1. The number of aromatic nitrogens is 3. The molecule has 0 saturated carbocycles. The summed E-state index contributed by atoms with van der Waals surface area (Å²) in [6.07, 6.45) is 5.21. The summed E-state index contributed by atoms with van der Waals surface area (Å²) >= 11 is 3.17. The third kappa shape index (κ3) is 2.13. The van der Waals surface area contributed by atoms with E-state index in [1.165, 1.54) is 0 Å². The van der Waals surface area contributed by atoms with E-state index >= 15 is 0 Å². The molecule has 0 aliphatic carbocycles. The predicted molar refractivity (Wildman–Crippen MR) is 77.7 cm³/mol. The summed E-state index contributed by atoms with van der Waals surface area (Å²) in [5.41, 5.74) is -0.951.